The normalized spacial score (nSPS) is 23.8. The van der Waals surface area contributed by atoms with Gasteiger partial charge < -0.3 is 10.1 Å². The van der Waals surface area contributed by atoms with E-state index >= 15 is 0 Å². The Labute approximate surface area is 108 Å². The van der Waals surface area contributed by atoms with Gasteiger partial charge in [-0.1, -0.05) is 33.6 Å². The SMILES string of the molecule is CCCNC(CC(C)CCC)CC1CCCO1. The fraction of sp³-hybridized carbons (Fsp3) is 1.00. The van der Waals surface area contributed by atoms with Crippen LogP contribution in [-0.2, 0) is 4.74 Å². The Morgan fingerprint density at radius 2 is 2.12 bits per heavy atom. The third kappa shape index (κ3) is 6.42. The van der Waals surface area contributed by atoms with Gasteiger partial charge in [0.05, 0.1) is 6.10 Å². The summed E-state index contributed by atoms with van der Waals surface area (Å²) in [5, 5.41) is 3.71. The Kier molecular flexibility index (Phi) is 7.87. The van der Waals surface area contributed by atoms with Crippen molar-refractivity contribution in [3.63, 3.8) is 0 Å². The van der Waals surface area contributed by atoms with E-state index in [1.54, 1.807) is 0 Å². The minimum absolute atomic E-state index is 0.526. The minimum atomic E-state index is 0.526. The lowest BCUT2D eigenvalue weighted by molar-refractivity contribution is 0.0916. The molecule has 1 aliphatic rings. The van der Waals surface area contributed by atoms with E-state index < -0.39 is 0 Å². The summed E-state index contributed by atoms with van der Waals surface area (Å²) in [6.45, 7) is 9.04. The maximum atomic E-state index is 5.76. The molecule has 3 atom stereocenters. The molecule has 17 heavy (non-hydrogen) atoms. The number of hydrogen-bond donors (Lipinski definition) is 1. The first-order valence-corrected chi connectivity index (χ1v) is 7.61. The van der Waals surface area contributed by atoms with Gasteiger partial charge in [0.1, 0.15) is 0 Å². The molecule has 1 rings (SSSR count). The zero-order chi connectivity index (χ0) is 12.5. The number of rotatable bonds is 9. The smallest absolute Gasteiger partial charge is 0.0590 e. The highest BCUT2D eigenvalue weighted by Crippen LogP contribution is 2.21. The first kappa shape index (κ1) is 15.0. The van der Waals surface area contributed by atoms with Crippen molar-refractivity contribution in [2.45, 2.75) is 77.9 Å². The Balaban J connectivity index is 2.30. The number of ether oxygens (including phenoxy) is 1. The zero-order valence-corrected chi connectivity index (χ0v) is 12.0. The van der Waals surface area contributed by atoms with Crippen molar-refractivity contribution in [3.8, 4) is 0 Å². The molecule has 3 unspecified atom stereocenters. The summed E-state index contributed by atoms with van der Waals surface area (Å²) in [6, 6.07) is 0.666. The summed E-state index contributed by atoms with van der Waals surface area (Å²) in [5.41, 5.74) is 0. The van der Waals surface area contributed by atoms with Crippen LogP contribution in [0.5, 0.6) is 0 Å². The largest absolute Gasteiger partial charge is 0.378 e. The first-order chi connectivity index (χ1) is 8.26. The van der Waals surface area contributed by atoms with Gasteiger partial charge in [-0.05, 0) is 44.6 Å². The molecule has 0 aromatic heterocycles. The van der Waals surface area contributed by atoms with E-state index in [4.69, 9.17) is 4.74 Å². The third-order valence-electron chi connectivity index (χ3n) is 3.72. The van der Waals surface area contributed by atoms with Crippen LogP contribution in [0.4, 0.5) is 0 Å². The second-order valence-electron chi connectivity index (χ2n) is 5.65. The van der Waals surface area contributed by atoms with E-state index in [0.717, 1.165) is 19.1 Å². The number of nitrogens with one attached hydrogen (secondary N) is 1. The van der Waals surface area contributed by atoms with Crippen LogP contribution in [0.15, 0.2) is 0 Å². The molecule has 0 aromatic carbocycles. The fourth-order valence-corrected chi connectivity index (χ4v) is 2.86. The Hall–Kier alpha value is -0.0800. The highest BCUT2D eigenvalue weighted by molar-refractivity contribution is 4.76. The maximum absolute atomic E-state index is 5.76. The zero-order valence-electron chi connectivity index (χ0n) is 12.0. The predicted octanol–water partition coefficient (Wildman–Crippen LogP) is 3.75. The van der Waals surface area contributed by atoms with Crippen molar-refractivity contribution in [2.75, 3.05) is 13.2 Å². The minimum Gasteiger partial charge on any atom is -0.378 e. The van der Waals surface area contributed by atoms with Crippen LogP contribution in [0.2, 0.25) is 0 Å². The molecule has 0 aliphatic carbocycles. The maximum Gasteiger partial charge on any atom is 0.0590 e. The monoisotopic (exact) mass is 241 g/mol. The predicted molar refractivity (Wildman–Crippen MR) is 74.4 cm³/mol. The van der Waals surface area contributed by atoms with Gasteiger partial charge in [0.2, 0.25) is 0 Å². The van der Waals surface area contributed by atoms with E-state index in [-0.39, 0.29) is 0 Å². The van der Waals surface area contributed by atoms with Crippen molar-refractivity contribution in [3.05, 3.63) is 0 Å². The summed E-state index contributed by atoms with van der Waals surface area (Å²) >= 11 is 0. The van der Waals surface area contributed by atoms with Crippen molar-refractivity contribution in [1.29, 1.82) is 0 Å². The molecule has 0 amide bonds. The molecule has 0 radical (unpaired) electrons. The molecular formula is C15H31NO. The van der Waals surface area contributed by atoms with Gasteiger partial charge in [0, 0.05) is 12.6 Å². The lowest BCUT2D eigenvalue weighted by atomic mass is 9.93. The molecule has 0 bridgehead atoms. The van der Waals surface area contributed by atoms with Crippen LogP contribution in [0.25, 0.3) is 0 Å². The van der Waals surface area contributed by atoms with Crippen LogP contribution in [0.1, 0.15) is 65.7 Å². The molecule has 0 aromatic rings. The van der Waals surface area contributed by atoms with E-state index in [2.05, 4.69) is 26.1 Å². The number of hydrogen-bond acceptors (Lipinski definition) is 2. The Morgan fingerprint density at radius 1 is 1.29 bits per heavy atom. The summed E-state index contributed by atoms with van der Waals surface area (Å²) in [6.07, 6.45) is 9.48. The van der Waals surface area contributed by atoms with E-state index in [1.807, 2.05) is 0 Å². The van der Waals surface area contributed by atoms with Crippen LogP contribution in [0, 0.1) is 5.92 Å². The molecule has 2 nitrogen and oxygen atoms in total. The highest BCUT2D eigenvalue weighted by Gasteiger charge is 2.21. The van der Waals surface area contributed by atoms with Gasteiger partial charge in [-0.2, -0.15) is 0 Å². The third-order valence-corrected chi connectivity index (χ3v) is 3.72. The average Bonchev–Trinajstić information content (AvgIpc) is 2.79. The molecule has 102 valence electrons. The van der Waals surface area contributed by atoms with Gasteiger partial charge in [0.15, 0.2) is 0 Å². The summed E-state index contributed by atoms with van der Waals surface area (Å²) < 4.78 is 5.76. The fourth-order valence-electron chi connectivity index (χ4n) is 2.86. The molecule has 2 heteroatoms. The van der Waals surface area contributed by atoms with Gasteiger partial charge in [0.25, 0.3) is 0 Å². The van der Waals surface area contributed by atoms with E-state index in [0.29, 0.717) is 12.1 Å². The van der Waals surface area contributed by atoms with Crippen LogP contribution in [-0.4, -0.2) is 25.3 Å². The Morgan fingerprint density at radius 3 is 2.71 bits per heavy atom. The quantitative estimate of drug-likeness (QED) is 0.664. The van der Waals surface area contributed by atoms with Crippen molar-refractivity contribution in [1.82, 2.24) is 5.32 Å². The summed E-state index contributed by atoms with van der Waals surface area (Å²) in [4.78, 5) is 0. The van der Waals surface area contributed by atoms with E-state index in [1.165, 1.54) is 44.9 Å². The second kappa shape index (κ2) is 8.93. The van der Waals surface area contributed by atoms with Crippen LogP contribution >= 0.6 is 0 Å². The van der Waals surface area contributed by atoms with Gasteiger partial charge in [-0.3, -0.25) is 0 Å². The highest BCUT2D eigenvalue weighted by atomic mass is 16.5. The molecule has 1 fully saturated rings. The van der Waals surface area contributed by atoms with Crippen molar-refractivity contribution >= 4 is 0 Å². The standard InChI is InChI=1S/C15H31NO/c1-4-7-13(3)11-14(16-9-5-2)12-15-8-6-10-17-15/h13-16H,4-12H2,1-3H3. The lowest BCUT2D eigenvalue weighted by Gasteiger charge is -2.24. The lowest BCUT2D eigenvalue weighted by Crippen LogP contribution is -2.34. The van der Waals surface area contributed by atoms with Crippen molar-refractivity contribution < 1.29 is 4.74 Å². The van der Waals surface area contributed by atoms with Gasteiger partial charge in [-0.15, -0.1) is 0 Å². The summed E-state index contributed by atoms with van der Waals surface area (Å²) in [5.74, 6) is 0.843. The average molecular weight is 241 g/mol. The molecule has 0 spiro atoms. The second-order valence-corrected chi connectivity index (χ2v) is 5.65. The molecule has 1 N–H and O–H groups in total. The molecule has 1 aliphatic heterocycles. The first-order valence-electron chi connectivity index (χ1n) is 7.61. The summed E-state index contributed by atoms with van der Waals surface area (Å²) in [7, 11) is 0. The molecule has 1 saturated heterocycles. The van der Waals surface area contributed by atoms with E-state index in [9.17, 15) is 0 Å². The van der Waals surface area contributed by atoms with Crippen LogP contribution < -0.4 is 5.32 Å². The molecule has 0 saturated carbocycles. The van der Waals surface area contributed by atoms with Crippen molar-refractivity contribution in [2.24, 2.45) is 5.92 Å². The Bertz CT molecular complexity index is 178. The van der Waals surface area contributed by atoms with Gasteiger partial charge >= 0.3 is 0 Å². The van der Waals surface area contributed by atoms with Crippen LogP contribution in [0.3, 0.4) is 0 Å². The molecule has 1 heterocycles. The van der Waals surface area contributed by atoms with Gasteiger partial charge in [-0.25, -0.2) is 0 Å². The molecular weight excluding hydrogens is 210 g/mol. The topological polar surface area (TPSA) is 21.3 Å².